The molecule has 4 heteroatoms. The molecule has 1 N–H and O–H groups in total. The first-order chi connectivity index (χ1) is 9.97. The molecule has 0 unspecified atom stereocenters. The number of para-hydroxylation sites is 1. The van der Waals surface area contributed by atoms with Crippen molar-refractivity contribution in [1.29, 1.82) is 0 Å². The summed E-state index contributed by atoms with van der Waals surface area (Å²) in [5, 5.41) is 2.90. The lowest BCUT2D eigenvalue weighted by atomic mass is 10.1. The fourth-order valence-electron chi connectivity index (χ4n) is 2.04. The van der Waals surface area contributed by atoms with Crippen LogP contribution in [-0.2, 0) is 4.79 Å². The number of amides is 1. The molecule has 0 radical (unpaired) electrons. The van der Waals surface area contributed by atoms with Gasteiger partial charge in [-0.1, -0.05) is 34.1 Å². The lowest BCUT2D eigenvalue weighted by Crippen LogP contribution is -2.21. The highest BCUT2D eigenvalue weighted by Gasteiger charge is 2.08. The molecule has 2 aromatic carbocycles. The fourth-order valence-corrected chi connectivity index (χ4v) is 2.29. The Bertz CT molecular complexity index is 648. The summed E-state index contributed by atoms with van der Waals surface area (Å²) in [7, 11) is 0. The van der Waals surface area contributed by atoms with Crippen molar-refractivity contribution in [2.45, 2.75) is 20.8 Å². The van der Waals surface area contributed by atoms with Gasteiger partial charge in [0.1, 0.15) is 5.75 Å². The van der Waals surface area contributed by atoms with E-state index in [0.29, 0.717) is 5.75 Å². The van der Waals surface area contributed by atoms with E-state index < -0.39 is 0 Å². The van der Waals surface area contributed by atoms with Crippen LogP contribution in [0.5, 0.6) is 5.75 Å². The van der Waals surface area contributed by atoms with Gasteiger partial charge >= 0.3 is 0 Å². The number of hydrogen-bond acceptors (Lipinski definition) is 2. The summed E-state index contributed by atoms with van der Waals surface area (Å²) in [4.78, 5) is 12.0. The van der Waals surface area contributed by atoms with Crippen LogP contribution in [0.4, 0.5) is 5.69 Å². The van der Waals surface area contributed by atoms with E-state index in [1.165, 1.54) is 0 Å². The highest BCUT2D eigenvalue weighted by atomic mass is 79.9. The average Bonchev–Trinajstić information content (AvgIpc) is 2.44. The van der Waals surface area contributed by atoms with Crippen molar-refractivity contribution in [2.24, 2.45) is 0 Å². The number of hydrogen-bond donors (Lipinski definition) is 1. The van der Waals surface area contributed by atoms with Crippen molar-refractivity contribution in [3.05, 3.63) is 57.6 Å². The Labute approximate surface area is 133 Å². The zero-order chi connectivity index (χ0) is 15.4. The monoisotopic (exact) mass is 347 g/mol. The molecule has 1 amide bonds. The quantitative estimate of drug-likeness (QED) is 0.890. The molecule has 0 saturated carbocycles. The number of carbonyl (C=O) groups excluding carboxylic acids is 1. The molecule has 2 rings (SSSR count). The second kappa shape index (κ2) is 6.76. The number of benzene rings is 2. The van der Waals surface area contributed by atoms with Gasteiger partial charge in [0.2, 0.25) is 0 Å². The smallest absolute Gasteiger partial charge is 0.262 e. The van der Waals surface area contributed by atoms with Crippen LogP contribution in [0.3, 0.4) is 0 Å². The fraction of sp³-hybridized carbons (Fsp3) is 0.235. The first-order valence-corrected chi connectivity index (χ1v) is 7.51. The Morgan fingerprint density at radius 2 is 1.76 bits per heavy atom. The number of aryl methyl sites for hydroxylation is 3. The van der Waals surface area contributed by atoms with Gasteiger partial charge in [0, 0.05) is 10.2 Å². The highest BCUT2D eigenvalue weighted by molar-refractivity contribution is 9.10. The van der Waals surface area contributed by atoms with Gasteiger partial charge in [-0.25, -0.2) is 0 Å². The van der Waals surface area contributed by atoms with Gasteiger partial charge in [-0.2, -0.15) is 0 Å². The van der Waals surface area contributed by atoms with Gasteiger partial charge in [0.05, 0.1) is 0 Å². The molecule has 0 atom stereocenters. The maximum atomic E-state index is 12.0. The molecule has 0 aliphatic rings. The van der Waals surface area contributed by atoms with E-state index in [0.717, 1.165) is 26.9 Å². The Balaban J connectivity index is 1.97. The van der Waals surface area contributed by atoms with E-state index in [1.807, 2.05) is 57.2 Å². The molecule has 0 saturated heterocycles. The molecular formula is C17H18BrNO2. The average molecular weight is 348 g/mol. The predicted octanol–water partition coefficient (Wildman–Crippen LogP) is 4.39. The summed E-state index contributed by atoms with van der Waals surface area (Å²) in [5.41, 5.74) is 4.02. The normalized spacial score (nSPS) is 10.3. The van der Waals surface area contributed by atoms with Crippen molar-refractivity contribution in [1.82, 2.24) is 0 Å². The molecule has 110 valence electrons. The Hall–Kier alpha value is -1.81. The van der Waals surface area contributed by atoms with E-state index >= 15 is 0 Å². The van der Waals surface area contributed by atoms with Crippen LogP contribution in [-0.4, -0.2) is 12.5 Å². The number of halogens is 1. The van der Waals surface area contributed by atoms with Crippen molar-refractivity contribution < 1.29 is 9.53 Å². The van der Waals surface area contributed by atoms with Crippen LogP contribution < -0.4 is 10.1 Å². The Morgan fingerprint density at radius 1 is 1.10 bits per heavy atom. The molecule has 0 spiro atoms. The molecule has 2 aromatic rings. The van der Waals surface area contributed by atoms with Crippen molar-refractivity contribution in [3.8, 4) is 5.75 Å². The SMILES string of the molecule is Cc1cc(OCC(=O)Nc2c(C)cccc2C)ccc1Br. The number of nitrogens with one attached hydrogen (secondary N) is 1. The van der Waals surface area contributed by atoms with Gasteiger partial charge in [-0.3, -0.25) is 4.79 Å². The van der Waals surface area contributed by atoms with Gasteiger partial charge in [0.15, 0.2) is 6.61 Å². The van der Waals surface area contributed by atoms with E-state index in [9.17, 15) is 4.79 Å². The third-order valence-corrected chi connectivity index (χ3v) is 4.13. The Morgan fingerprint density at radius 3 is 2.38 bits per heavy atom. The summed E-state index contributed by atoms with van der Waals surface area (Å²) in [6, 6.07) is 11.6. The topological polar surface area (TPSA) is 38.3 Å². The molecular weight excluding hydrogens is 330 g/mol. The second-order valence-corrected chi connectivity index (χ2v) is 5.87. The maximum absolute atomic E-state index is 12.0. The van der Waals surface area contributed by atoms with Gasteiger partial charge in [0.25, 0.3) is 5.91 Å². The van der Waals surface area contributed by atoms with Crippen LogP contribution in [0, 0.1) is 20.8 Å². The third kappa shape index (κ3) is 4.08. The molecule has 0 aliphatic heterocycles. The minimum absolute atomic E-state index is 0.00511. The molecule has 0 bridgehead atoms. The lowest BCUT2D eigenvalue weighted by molar-refractivity contribution is -0.118. The summed E-state index contributed by atoms with van der Waals surface area (Å²) < 4.78 is 6.55. The minimum atomic E-state index is -0.159. The van der Waals surface area contributed by atoms with Gasteiger partial charge < -0.3 is 10.1 Å². The first-order valence-electron chi connectivity index (χ1n) is 6.72. The molecule has 0 aliphatic carbocycles. The van der Waals surface area contributed by atoms with E-state index in [1.54, 1.807) is 0 Å². The maximum Gasteiger partial charge on any atom is 0.262 e. The van der Waals surface area contributed by atoms with E-state index in [-0.39, 0.29) is 12.5 Å². The van der Waals surface area contributed by atoms with Crippen molar-refractivity contribution >= 4 is 27.5 Å². The lowest BCUT2D eigenvalue weighted by Gasteiger charge is -2.12. The first kappa shape index (κ1) is 15.6. The predicted molar refractivity (Wildman–Crippen MR) is 88.9 cm³/mol. The summed E-state index contributed by atoms with van der Waals surface area (Å²) in [6.45, 7) is 5.92. The zero-order valence-corrected chi connectivity index (χ0v) is 14.0. The summed E-state index contributed by atoms with van der Waals surface area (Å²) in [5.74, 6) is 0.528. The molecule has 0 aromatic heterocycles. The second-order valence-electron chi connectivity index (χ2n) is 5.01. The molecule has 3 nitrogen and oxygen atoms in total. The number of rotatable bonds is 4. The Kier molecular flexibility index (Phi) is 5.02. The van der Waals surface area contributed by atoms with Crippen LogP contribution >= 0.6 is 15.9 Å². The molecule has 21 heavy (non-hydrogen) atoms. The number of ether oxygens (including phenoxy) is 1. The van der Waals surface area contributed by atoms with Gasteiger partial charge in [-0.15, -0.1) is 0 Å². The minimum Gasteiger partial charge on any atom is -0.484 e. The highest BCUT2D eigenvalue weighted by Crippen LogP contribution is 2.22. The summed E-state index contributed by atoms with van der Waals surface area (Å²) >= 11 is 3.43. The van der Waals surface area contributed by atoms with Crippen LogP contribution in [0.15, 0.2) is 40.9 Å². The third-order valence-electron chi connectivity index (χ3n) is 3.24. The largest absolute Gasteiger partial charge is 0.484 e. The standard InChI is InChI=1S/C17H18BrNO2/c1-11-5-4-6-12(2)17(11)19-16(20)10-21-14-7-8-15(18)13(3)9-14/h4-9H,10H2,1-3H3,(H,19,20). The van der Waals surface area contributed by atoms with Crippen LogP contribution in [0.2, 0.25) is 0 Å². The summed E-state index contributed by atoms with van der Waals surface area (Å²) in [6.07, 6.45) is 0. The van der Waals surface area contributed by atoms with Crippen LogP contribution in [0.1, 0.15) is 16.7 Å². The van der Waals surface area contributed by atoms with E-state index in [4.69, 9.17) is 4.74 Å². The number of anilines is 1. The molecule has 0 fully saturated rings. The van der Waals surface area contributed by atoms with Crippen LogP contribution in [0.25, 0.3) is 0 Å². The molecule has 0 heterocycles. The van der Waals surface area contributed by atoms with Crippen molar-refractivity contribution in [2.75, 3.05) is 11.9 Å². The zero-order valence-electron chi connectivity index (χ0n) is 12.4. The van der Waals surface area contributed by atoms with Crippen molar-refractivity contribution in [3.63, 3.8) is 0 Å². The number of carbonyl (C=O) groups is 1. The van der Waals surface area contributed by atoms with Gasteiger partial charge in [-0.05, 0) is 55.7 Å². The van der Waals surface area contributed by atoms with E-state index in [2.05, 4.69) is 21.2 Å².